The van der Waals surface area contributed by atoms with Gasteiger partial charge in [0.25, 0.3) is 0 Å². The Balaban J connectivity index is 1.07. The second-order valence-electron chi connectivity index (χ2n) is 16.3. The summed E-state index contributed by atoms with van der Waals surface area (Å²) in [5.41, 5.74) is 14.8. The predicted octanol–water partition coefficient (Wildman–Crippen LogP) is 11.3. The second kappa shape index (κ2) is 14.7. The van der Waals surface area contributed by atoms with Crippen LogP contribution < -0.4 is 10.1 Å². The topological polar surface area (TPSA) is 85.2 Å². The second-order valence-corrected chi connectivity index (χ2v) is 16.3. The van der Waals surface area contributed by atoms with Crippen LogP contribution in [-0.2, 0) is 5.41 Å². The van der Waals surface area contributed by atoms with Crippen molar-refractivity contribution in [3.63, 3.8) is 0 Å². The number of nitrogens with one attached hydrogen (secondary N) is 1. The van der Waals surface area contributed by atoms with E-state index in [1.807, 2.05) is 73.1 Å². The molecular formula is C55H40N6O. The third kappa shape index (κ3) is 5.92. The molecule has 3 aliphatic heterocycles. The summed E-state index contributed by atoms with van der Waals surface area (Å²) in [5, 5.41) is 3.30. The van der Waals surface area contributed by atoms with Crippen LogP contribution in [0.1, 0.15) is 52.4 Å². The van der Waals surface area contributed by atoms with Crippen molar-refractivity contribution < 1.29 is 4.74 Å². The number of pyridine rings is 1. The molecule has 0 fully saturated rings. The van der Waals surface area contributed by atoms with Crippen LogP contribution in [0.4, 0.5) is 0 Å². The van der Waals surface area contributed by atoms with E-state index in [0.29, 0.717) is 17.5 Å². The molecule has 62 heavy (non-hydrogen) atoms. The Labute approximate surface area is 360 Å². The van der Waals surface area contributed by atoms with E-state index in [2.05, 4.69) is 120 Å². The molecule has 12 rings (SSSR count). The smallest absolute Gasteiger partial charge is 0.164 e. The molecule has 0 saturated carbocycles. The number of nitrogens with zero attached hydrogens (tertiary/aromatic N) is 5. The zero-order valence-corrected chi connectivity index (χ0v) is 33.9. The van der Waals surface area contributed by atoms with Crippen molar-refractivity contribution in [3.05, 3.63) is 221 Å². The maximum absolute atomic E-state index is 7.03. The number of hydrogen-bond acceptors (Lipinski definition) is 7. The number of allylic oxidation sites excluding steroid dienone is 6. The largest absolute Gasteiger partial charge is 0.457 e. The van der Waals surface area contributed by atoms with Crippen LogP contribution in [0.3, 0.4) is 0 Å². The Hall–Kier alpha value is -7.77. The first-order valence-corrected chi connectivity index (χ1v) is 21.3. The number of hydrogen-bond donors (Lipinski definition) is 1. The molecule has 7 heteroatoms. The van der Waals surface area contributed by atoms with Crippen molar-refractivity contribution in [2.45, 2.75) is 24.2 Å². The molecule has 2 aromatic heterocycles. The summed E-state index contributed by atoms with van der Waals surface area (Å²) in [7, 11) is 0. The van der Waals surface area contributed by atoms with Crippen molar-refractivity contribution in [2.24, 2.45) is 4.99 Å². The van der Waals surface area contributed by atoms with Gasteiger partial charge in [0.2, 0.25) is 0 Å². The molecule has 7 nitrogen and oxygen atoms in total. The van der Waals surface area contributed by atoms with Gasteiger partial charge in [0.15, 0.2) is 17.5 Å². The van der Waals surface area contributed by atoms with Gasteiger partial charge in [0.05, 0.1) is 16.8 Å². The van der Waals surface area contributed by atoms with E-state index in [4.69, 9.17) is 24.7 Å². The molecular weight excluding hydrogens is 761 g/mol. The van der Waals surface area contributed by atoms with Crippen LogP contribution in [0, 0.1) is 0 Å². The highest BCUT2D eigenvalue weighted by Gasteiger charge is 2.53. The summed E-state index contributed by atoms with van der Waals surface area (Å²) < 4.78 is 7.03. The number of dihydropyridines is 2. The zero-order valence-electron chi connectivity index (χ0n) is 33.9. The average Bonchev–Trinajstić information content (AvgIpc) is 3.65. The highest BCUT2D eigenvalue weighted by molar-refractivity contribution is 5.90. The molecule has 1 N–H and O–H groups in total. The van der Waals surface area contributed by atoms with E-state index < -0.39 is 5.41 Å². The zero-order chi connectivity index (χ0) is 41.0. The van der Waals surface area contributed by atoms with E-state index in [9.17, 15) is 0 Å². The van der Waals surface area contributed by atoms with Crippen molar-refractivity contribution in [2.75, 3.05) is 13.1 Å². The number of ether oxygens (including phenoxy) is 1. The lowest BCUT2D eigenvalue weighted by Crippen LogP contribution is -2.36. The Bertz CT molecular complexity index is 3040. The molecule has 5 heterocycles. The standard InChI is InChI=1S/C55H40N6O/c1-3-11-37(12-4-1)52-59-53(38-13-5-2-6-14-38)61-54(60-52)40-20-22-51-47(32-40)55(44-17-9-7-15-42(44)43-16-8-10-18-45(43)55)46-31-39(19-21-50(46)62-51)41-33-48(35-23-27-56-28-24-35)58-49(34-41)36-25-29-57-30-26-36/h1-18,20-25,27,29,31-34,39,56H,19,26,28,30H2. The van der Waals surface area contributed by atoms with Crippen molar-refractivity contribution >= 4 is 17.4 Å². The van der Waals surface area contributed by atoms with Gasteiger partial charge in [-0.15, -0.1) is 0 Å². The van der Waals surface area contributed by atoms with Crippen molar-refractivity contribution in [1.82, 2.24) is 25.3 Å². The first kappa shape index (κ1) is 36.1. The summed E-state index contributed by atoms with van der Waals surface area (Å²) in [6, 6.07) is 49.1. The quantitative estimate of drug-likeness (QED) is 0.180. The monoisotopic (exact) mass is 800 g/mol. The van der Waals surface area contributed by atoms with Gasteiger partial charge in [-0.05, 0) is 107 Å². The molecule has 1 atom stereocenters. The van der Waals surface area contributed by atoms with E-state index in [1.165, 1.54) is 33.4 Å². The van der Waals surface area contributed by atoms with Crippen LogP contribution in [0.15, 0.2) is 192 Å². The first-order chi connectivity index (χ1) is 30.7. The molecule has 0 radical (unpaired) electrons. The van der Waals surface area contributed by atoms with Crippen molar-refractivity contribution in [1.29, 1.82) is 0 Å². The van der Waals surface area contributed by atoms with E-state index in [-0.39, 0.29) is 5.92 Å². The first-order valence-electron chi connectivity index (χ1n) is 21.3. The molecule has 7 aromatic rings. The number of rotatable bonds is 6. The summed E-state index contributed by atoms with van der Waals surface area (Å²) in [5.74, 6) is 3.64. The predicted molar refractivity (Wildman–Crippen MR) is 247 cm³/mol. The minimum atomic E-state index is -0.680. The Morgan fingerprint density at radius 3 is 1.94 bits per heavy atom. The molecule has 5 aromatic carbocycles. The van der Waals surface area contributed by atoms with Gasteiger partial charge in [-0.25, -0.2) is 19.9 Å². The van der Waals surface area contributed by atoms with E-state index >= 15 is 0 Å². The summed E-state index contributed by atoms with van der Waals surface area (Å²) >= 11 is 0. The number of fused-ring (bicyclic) bond motifs is 9. The fourth-order valence-corrected chi connectivity index (χ4v) is 9.82. The van der Waals surface area contributed by atoms with Gasteiger partial charge < -0.3 is 10.1 Å². The lowest BCUT2D eigenvalue weighted by Gasteiger charge is -2.43. The third-order valence-corrected chi connectivity index (χ3v) is 12.7. The number of aliphatic imine (C=N–C) groups is 1. The normalized spacial score (nSPS) is 17.6. The maximum Gasteiger partial charge on any atom is 0.164 e. The van der Waals surface area contributed by atoms with Crippen LogP contribution in [0.5, 0.6) is 5.75 Å². The number of benzene rings is 5. The summed E-state index contributed by atoms with van der Waals surface area (Å²) in [6.07, 6.45) is 16.8. The van der Waals surface area contributed by atoms with Gasteiger partial charge >= 0.3 is 0 Å². The summed E-state index contributed by atoms with van der Waals surface area (Å²) in [6.45, 7) is 1.54. The van der Waals surface area contributed by atoms with E-state index in [0.717, 1.165) is 82.2 Å². The highest BCUT2D eigenvalue weighted by atomic mass is 16.5. The minimum Gasteiger partial charge on any atom is -0.457 e. The Morgan fingerprint density at radius 1 is 0.613 bits per heavy atom. The maximum atomic E-state index is 7.03. The molecule has 296 valence electrons. The van der Waals surface area contributed by atoms with E-state index in [1.54, 1.807) is 0 Å². The summed E-state index contributed by atoms with van der Waals surface area (Å²) in [4.78, 5) is 25.0. The molecule has 1 spiro atoms. The third-order valence-electron chi connectivity index (χ3n) is 12.7. The van der Waals surface area contributed by atoms with Gasteiger partial charge in [-0.1, -0.05) is 121 Å². The molecule has 1 unspecified atom stereocenters. The fourth-order valence-electron chi connectivity index (χ4n) is 9.82. The molecule has 5 aliphatic rings. The van der Waals surface area contributed by atoms with Gasteiger partial charge in [-0.3, -0.25) is 4.99 Å². The fraction of sp³-hybridized carbons (Fsp3) is 0.109. The molecule has 0 bridgehead atoms. The lowest BCUT2D eigenvalue weighted by atomic mass is 9.63. The van der Waals surface area contributed by atoms with Crippen LogP contribution >= 0.6 is 0 Å². The van der Waals surface area contributed by atoms with Crippen LogP contribution in [-0.4, -0.2) is 39.2 Å². The minimum absolute atomic E-state index is 0.0638. The molecule has 0 amide bonds. The SMILES string of the molecule is C1=CC(c2cc(C3C=C4C(=CC3)Oc3ccc(-c5nc(-c6ccccc6)nc(-c6ccccc6)n5)cc3C43c4ccccc4-c4ccccc43)cc(C3=CC=NCC3)n2)=CCN1. The van der Waals surface area contributed by atoms with Crippen LogP contribution in [0.25, 0.3) is 56.4 Å². The van der Waals surface area contributed by atoms with Gasteiger partial charge in [0.1, 0.15) is 11.5 Å². The highest BCUT2D eigenvalue weighted by Crippen LogP contribution is 2.63. The molecule has 2 aliphatic carbocycles. The Morgan fingerprint density at radius 2 is 1.27 bits per heavy atom. The van der Waals surface area contributed by atoms with Crippen molar-refractivity contribution in [3.8, 4) is 51.0 Å². The van der Waals surface area contributed by atoms with Gasteiger partial charge in [-0.2, -0.15) is 0 Å². The van der Waals surface area contributed by atoms with Gasteiger partial charge in [0, 0.05) is 53.0 Å². The average molecular weight is 801 g/mol. The molecule has 0 saturated heterocycles. The lowest BCUT2D eigenvalue weighted by molar-refractivity contribution is 0.381. The van der Waals surface area contributed by atoms with Crippen LogP contribution in [0.2, 0.25) is 0 Å². The Kier molecular flexibility index (Phi) is 8.59. The number of aromatic nitrogens is 4.